The fraction of sp³-hybridized carbons (Fsp3) is 0.395. The molecule has 0 aromatic heterocycles. The molecule has 1 saturated carbocycles. The van der Waals surface area contributed by atoms with Gasteiger partial charge in [-0.3, -0.25) is 0 Å². The molecule has 6 aromatic rings. The van der Waals surface area contributed by atoms with Gasteiger partial charge in [0.1, 0.15) is 0 Å². The third kappa shape index (κ3) is 7.58. The summed E-state index contributed by atoms with van der Waals surface area (Å²) in [5.74, 6) is 0.742. The van der Waals surface area contributed by atoms with E-state index < -0.39 is 0 Å². The second kappa shape index (κ2) is 17.0. The summed E-state index contributed by atoms with van der Waals surface area (Å²) in [6.45, 7) is 45.4. The number of anilines is 7. The van der Waals surface area contributed by atoms with E-state index in [-0.39, 0.29) is 44.7 Å². The Hall–Kier alpha value is -6.52. The monoisotopic (exact) mass is 1050 g/mol. The Morgan fingerprint density at radius 2 is 1.16 bits per heavy atom. The number of nitrogens with zero attached hydrogens (tertiary/aromatic N) is 3. The van der Waals surface area contributed by atoms with E-state index in [0.29, 0.717) is 11.8 Å². The highest BCUT2D eigenvalue weighted by molar-refractivity contribution is 6.95. The van der Waals surface area contributed by atoms with Crippen LogP contribution < -0.4 is 25.6 Å². The molecule has 3 nitrogen and oxygen atoms in total. The van der Waals surface area contributed by atoms with Crippen LogP contribution in [0.2, 0.25) is 0 Å². The van der Waals surface area contributed by atoms with Crippen LogP contribution in [0.3, 0.4) is 0 Å². The van der Waals surface area contributed by atoms with Crippen molar-refractivity contribution >= 4 is 68.7 Å². The van der Waals surface area contributed by atoms with Gasteiger partial charge in [-0.1, -0.05) is 214 Å². The van der Waals surface area contributed by atoms with E-state index in [9.17, 15) is 0 Å². The molecule has 4 heteroatoms. The van der Waals surface area contributed by atoms with E-state index in [0.717, 1.165) is 18.5 Å². The third-order valence-electron chi connectivity index (χ3n) is 19.8. The van der Waals surface area contributed by atoms with Crippen molar-refractivity contribution in [2.75, 3.05) is 14.7 Å². The van der Waals surface area contributed by atoms with Gasteiger partial charge < -0.3 is 14.7 Å². The molecule has 80 heavy (non-hydrogen) atoms. The molecule has 7 aliphatic rings. The number of fused-ring (bicyclic) bond motifs is 9. The summed E-state index contributed by atoms with van der Waals surface area (Å²) in [5.41, 5.74) is 30.7. The number of benzene rings is 6. The Labute approximate surface area is 481 Å². The summed E-state index contributed by atoms with van der Waals surface area (Å²) in [5, 5.41) is 0. The maximum absolute atomic E-state index is 2.96. The van der Waals surface area contributed by atoms with Crippen LogP contribution in [0.1, 0.15) is 181 Å². The molecular weight excluding hydrogens is 966 g/mol. The number of allylic oxidation sites excluding steroid dienone is 6. The van der Waals surface area contributed by atoms with Crippen molar-refractivity contribution in [3.63, 3.8) is 0 Å². The van der Waals surface area contributed by atoms with Crippen LogP contribution in [0.5, 0.6) is 0 Å². The Morgan fingerprint density at radius 1 is 0.562 bits per heavy atom. The van der Waals surface area contributed by atoms with Crippen LogP contribution in [-0.2, 0) is 27.1 Å². The Bertz CT molecular complexity index is 3770. The van der Waals surface area contributed by atoms with Gasteiger partial charge in [0, 0.05) is 68.2 Å². The van der Waals surface area contributed by atoms with Crippen molar-refractivity contribution in [1.82, 2.24) is 0 Å². The average Bonchev–Trinajstić information content (AvgIpc) is 4.07. The number of rotatable bonds is 5. The molecule has 3 heterocycles. The first kappa shape index (κ1) is 52.8. The molecule has 13 rings (SSSR count). The molecule has 0 amide bonds. The largest absolute Gasteiger partial charge is 0.331 e. The van der Waals surface area contributed by atoms with E-state index in [2.05, 4.69) is 286 Å². The highest BCUT2D eigenvalue weighted by atomic mass is 15.3. The predicted molar refractivity (Wildman–Crippen MR) is 346 cm³/mol. The van der Waals surface area contributed by atoms with Gasteiger partial charge >= 0.3 is 0 Å². The second-order valence-electron chi connectivity index (χ2n) is 30.7. The lowest BCUT2D eigenvalue weighted by Crippen LogP contribution is -2.63. The number of aryl methyl sites for hydroxylation is 2. The second-order valence-corrected chi connectivity index (χ2v) is 30.7. The Kier molecular flexibility index (Phi) is 11.2. The van der Waals surface area contributed by atoms with Crippen molar-refractivity contribution in [3.8, 4) is 0 Å². The summed E-state index contributed by atoms with van der Waals surface area (Å²) < 4.78 is 0. The van der Waals surface area contributed by atoms with Crippen molar-refractivity contribution in [2.24, 2.45) is 17.3 Å². The topological polar surface area (TPSA) is 9.72 Å². The zero-order chi connectivity index (χ0) is 56.9. The quantitative estimate of drug-likeness (QED) is 0.159. The normalized spacial score (nSPS) is 21.3. The van der Waals surface area contributed by atoms with Crippen molar-refractivity contribution in [1.29, 1.82) is 0 Å². The van der Waals surface area contributed by atoms with Crippen LogP contribution in [0.25, 0.3) is 11.3 Å². The molecule has 0 radical (unpaired) electrons. The average molecular weight is 1050 g/mol. The first-order chi connectivity index (χ1) is 37.4. The minimum Gasteiger partial charge on any atom is -0.331 e. The smallest absolute Gasteiger partial charge is 0.247 e. The fourth-order valence-electron chi connectivity index (χ4n) is 15.3. The van der Waals surface area contributed by atoms with E-state index >= 15 is 0 Å². The zero-order valence-corrected chi connectivity index (χ0v) is 51.8. The van der Waals surface area contributed by atoms with Crippen molar-refractivity contribution < 1.29 is 0 Å². The van der Waals surface area contributed by atoms with E-state index in [4.69, 9.17) is 0 Å². The zero-order valence-electron chi connectivity index (χ0n) is 51.8. The maximum Gasteiger partial charge on any atom is 0.247 e. The van der Waals surface area contributed by atoms with E-state index in [1.54, 1.807) is 11.0 Å². The van der Waals surface area contributed by atoms with Gasteiger partial charge in [0.25, 0.3) is 0 Å². The molecular formula is C76H86BN3. The van der Waals surface area contributed by atoms with Crippen LogP contribution >= 0.6 is 0 Å². The summed E-state index contributed by atoms with van der Waals surface area (Å²) in [7, 11) is 0. The van der Waals surface area contributed by atoms with Gasteiger partial charge in [-0.05, 0) is 169 Å². The standard InChI is InChI=1S/C76H86BN3/c1-45-37-48(70(3,4)5)29-34-59(45)78(60-35-30-49(38-46(60)2)71(6,7)8)53-32-33-58-62(44-53)79(61-36-31-50(72(9,10)11)39-55(61)47-25-21-20-22-26-47)63-41-52(74(15,16)17)42-64-68(63)77(58)65-43-51(73(12,13)14)40-57-66-67-69(80(64)76(57,65)66)54-27-23-24-28-56(54)75(67,18)19/h21,23-44,57,66H,20,22H2,1-19H3. The lowest BCUT2D eigenvalue weighted by molar-refractivity contribution is 0.508. The molecule has 0 N–H and O–H groups in total. The molecule has 3 unspecified atom stereocenters. The minimum atomic E-state index is -0.200. The van der Waals surface area contributed by atoms with Gasteiger partial charge in [-0.15, -0.1) is 0 Å². The van der Waals surface area contributed by atoms with Gasteiger partial charge in [0.2, 0.25) is 6.71 Å². The molecule has 6 aromatic carbocycles. The molecule has 3 aliphatic heterocycles. The molecule has 1 spiro atoms. The minimum absolute atomic E-state index is 0.0185. The van der Waals surface area contributed by atoms with Gasteiger partial charge in [0.05, 0.1) is 11.2 Å². The molecule has 0 bridgehead atoms. The van der Waals surface area contributed by atoms with Gasteiger partial charge in [0.15, 0.2) is 0 Å². The van der Waals surface area contributed by atoms with Crippen LogP contribution in [0.4, 0.5) is 39.8 Å². The third-order valence-corrected chi connectivity index (χ3v) is 19.8. The predicted octanol–water partition coefficient (Wildman–Crippen LogP) is 19.1. The molecule has 0 saturated heterocycles. The van der Waals surface area contributed by atoms with Gasteiger partial charge in [-0.2, -0.15) is 0 Å². The lowest BCUT2D eigenvalue weighted by atomic mass is 9.30. The maximum atomic E-state index is 2.96. The van der Waals surface area contributed by atoms with Crippen molar-refractivity contribution in [2.45, 2.75) is 177 Å². The fourth-order valence-corrected chi connectivity index (χ4v) is 15.3. The first-order valence-corrected chi connectivity index (χ1v) is 30.2. The Balaban J connectivity index is 1.16. The highest BCUT2D eigenvalue weighted by Crippen LogP contribution is 2.78. The number of hydrogen-bond acceptors (Lipinski definition) is 3. The number of hydrogen-bond donors (Lipinski definition) is 0. The summed E-state index contributed by atoms with van der Waals surface area (Å²) in [6.07, 6.45) is 14.8. The van der Waals surface area contributed by atoms with Crippen LogP contribution in [0.15, 0.2) is 156 Å². The molecule has 3 atom stereocenters. The molecule has 4 aliphatic carbocycles. The molecule has 408 valence electrons. The Morgan fingerprint density at radius 3 is 1.75 bits per heavy atom. The van der Waals surface area contributed by atoms with Crippen LogP contribution in [0, 0.1) is 31.1 Å². The summed E-state index contributed by atoms with van der Waals surface area (Å²) in [6, 6.07) is 44.2. The van der Waals surface area contributed by atoms with Gasteiger partial charge in [-0.25, -0.2) is 0 Å². The summed E-state index contributed by atoms with van der Waals surface area (Å²) >= 11 is 0. The lowest BCUT2D eigenvalue weighted by Gasteiger charge is -2.51. The molecule has 1 fully saturated rings. The highest BCUT2D eigenvalue weighted by Gasteiger charge is 2.80. The van der Waals surface area contributed by atoms with Crippen molar-refractivity contribution in [3.05, 3.63) is 206 Å². The SMILES string of the molecule is Cc1cc(C(C)(C)C)ccc1N(c1ccc2c(c1)N(c1ccc(C(C)(C)C)cc1C1=CCCC=C1)c1cc(C(C)(C)C)cc3c1B2C1=CC(C(C)(C)C)=CC2C4C5=C(c6ccccc6C5(C)C)N3C124)c1ccc(C(C)(C)C)cc1C. The van der Waals surface area contributed by atoms with E-state index in [1.165, 1.54) is 112 Å². The van der Waals surface area contributed by atoms with E-state index in [1.807, 2.05) is 0 Å². The first-order valence-electron chi connectivity index (χ1n) is 30.2. The summed E-state index contributed by atoms with van der Waals surface area (Å²) in [4.78, 5) is 8.30. The van der Waals surface area contributed by atoms with Crippen LogP contribution in [-0.4, -0.2) is 12.3 Å².